The average molecular weight is 430 g/mol. The SMILES string of the molecule is COC(=O)[C@@H]1C[C@@]23O[C@@H]2C(=O)CC[C@]3(C)[C@@]23O[C@H]2C[C@@]2(C)C(CC[C@@]24CCC(=O)O4)C13. The monoisotopic (exact) mass is 430 g/mol. The number of epoxide rings is 2. The van der Waals surface area contributed by atoms with Gasteiger partial charge in [0.15, 0.2) is 5.78 Å². The van der Waals surface area contributed by atoms with E-state index in [-0.39, 0.29) is 52.4 Å². The van der Waals surface area contributed by atoms with Gasteiger partial charge in [-0.3, -0.25) is 14.4 Å². The number of ether oxygens (including phenoxy) is 4. The molecule has 3 heterocycles. The van der Waals surface area contributed by atoms with Crippen LogP contribution >= 0.6 is 0 Å². The molecule has 0 amide bonds. The molecule has 3 aliphatic heterocycles. The average Bonchev–Trinajstić information content (AvgIpc) is 3.59. The van der Waals surface area contributed by atoms with E-state index in [1.165, 1.54) is 7.11 Å². The van der Waals surface area contributed by atoms with Crippen LogP contribution in [0.4, 0.5) is 0 Å². The molecule has 7 aliphatic rings. The lowest BCUT2D eigenvalue weighted by Crippen LogP contribution is -2.68. The second-order valence-electron chi connectivity index (χ2n) is 11.7. The molecule has 2 unspecified atom stereocenters. The number of hydrogen-bond donors (Lipinski definition) is 0. The van der Waals surface area contributed by atoms with E-state index >= 15 is 0 Å². The highest BCUT2D eigenvalue weighted by molar-refractivity contribution is 5.89. The van der Waals surface area contributed by atoms with E-state index in [1.807, 2.05) is 0 Å². The van der Waals surface area contributed by atoms with Crippen molar-refractivity contribution in [3.8, 4) is 0 Å². The number of Topliss-reactive ketones (excluding diaryl/α,β-unsaturated/α-hetero) is 1. The van der Waals surface area contributed by atoms with Crippen molar-refractivity contribution >= 4 is 17.7 Å². The number of methoxy groups -OCH3 is 1. The van der Waals surface area contributed by atoms with Gasteiger partial charge in [-0.05, 0) is 44.4 Å². The topological polar surface area (TPSA) is 94.7 Å². The lowest BCUT2D eigenvalue weighted by atomic mass is 9.41. The predicted molar refractivity (Wildman–Crippen MR) is 105 cm³/mol. The van der Waals surface area contributed by atoms with Gasteiger partial charge in [0.1, 0.15) is 22.9 Å². The molecule has 0 aromatic carbocycles. The molecule has 168 valence electrons. The summed E-state index contributed by atoms with van der Waals surface area (Å²) < 4.78 is 24.2. The molecule has 7 heteroatoms. The van der Waals surface area contributed by atoms with Crippen LogP contribution in [-0.4, -0.2) is 53.8 Å². The van der Waals surface area contributed by atoms with Gasteiger partial charge < -0.3 is 18.9 Å². The first-order valence-corrected chi connectivity index (χ1v) is 11.9. The summed E-state index contributed by atoms with van der Waals surface area (Å²) in [6, 6.07) is 0. The summed E-state index contributed by atoms with van der Waals surface area (Å²) in [7, 11) is 1.44. The summed E-state index contributed by atoms with van der Waals surface area (Å²) in [5, 5.41) is 0. The normalized spacial score (nSPS) is 60.3. The fourth-order valence-corrected chi connectivity index (χ4v) is 9.63. The minimum Gasteiger partial charge on any atom is -0.469 e. The standard InChI is InChI=1S/C24H30O7/c1-20-11-15-24(29-15)17(13(20)4-8-22(20)9-6-16(26)30-22)12(19(27)28-3)10-23-18(31-23)14(25)5-7-21(23,24)2/h12-13,15,17-18H,4-11H2,1-3H3/t12-,13?,15+,17?,18-,20+,21+,22-,23-,24-/m1/s1. The predicted octanol–water partition coefficient (Wildman–Crippen LogP) is 2.34. The van der Waals surface area contributed by atoms with Crippen LogP contribution in [0.15, 0.2) is 0 Å². The summed E-state index contributed by atoms with van der Waals surface area (Å²) >= 11 is 0. The number of rotatable bonds is 1. The largest absolute Gasteiger partial charge is 0.469 e. The number of ketones is 1. The van der Waals surface area contributed by atoms with Gasteiger partial charge in [0.05, 0.1) is 19.1 Å². The summed E-state index contributed by atoms with van der Waals surface area (Å²) in [5.74, 6) is -0.325. The molecular formula is C24H30O7. The molecule has 3 spiro atoms. The summed E-state index contributed by atoms with van der Waals surface area (Å²) in [6.45, 7) is 4.50. The number of carbonyl (C=O) groups excluding carboxylic acids is 3. The van der Waals surface area contributed by atoms with E-state index in [9.17, 15) is 14.4 Å². The minimum atomic E-state index is -0.601. The Morgan fingerprint density at radius 1 is 1.06 bits per heavy atom. The van der Waals surface area contributed by atoms with Crippen LogP contribution in [0.5, 0.6) is 0 Å². The molecule has 0 aromatic heterocycles. The minimum absolute atomic E-state index is 0.000380. The molecule has 0 N–H and O–H groups in total. The zero-order valence-corrected chi connectivity index (χ0v) is 18.4. The Hall–Kier alpha value is -1.47. The molecule has 0 bridgehead atoms. The highest BCUT2D eigenvalue weighted by Crippen LogP contribution is 2.82. The lowest BCUT2D eigenvalue weighted by molar-refractivity contribution is -0.184. The summed E-state index contributed by atoms with van der Waals surface area (Å²) in [5.41, 5.74) is -2.00. The number of esters is 2. The van der Waals surface area contributed by atoms with Crippen molar-refractivity contribution in [2.24, 2.45) is 28.6 Å². The number of hydrogen-bond acceptors (Lipinski definition) is 7. The maximum Gasteiger partial charge on any atom is 0.309 e. The molecular weight excluding hydrogens is 400 g/mol. The van der Waals surface area contributed by atoms with Crippen molar-refractivity contribution < 1.29 is 33.3 Å². The van der Waals surface area contributed by atoms with E-state index in [2.05, 4.69) is 13.8 Å². The van der Waals surface area contributed by atoms with E-state index in [4.69, 9.17) is 18.9 Å². The maximum absolute atomic E-state index is 13.2. The van der Waals surface area contributed by atoms with Gasteiger partial charge in [0.2, 0.25) is 0 Å². The van der Waals surface area contributed by atoms with E-state index in [0.717, 1.165) is 32.1 Å². The fourth-order valence-electron chi connectivity index (χ4n) is 9.63. The van der Waals surface area contributed by atoms with Crippen molar-refractivity contribution in [2.75, 3.05) is 7.11 Å². The Bertz CT molecular complexity index is 946. The van der Waals surface area contributed by atoms with Crippen molar-refractivity contribution in [3.05, 3.63) is 0 Å². The molecule has 31 heavy (non-hydrogen) atoms. The van der Waals surface area contributed by atoms with Crippen LogP contribution in [0.1, 0.15) is 65.2 Å². The van der Waals surface area contributed by atoms with Crippen molar-refractivity contribution in [2.45, 2.75) is 94.2 Å². The van der Waals surface area contributed by atoms with E-state index in [1.54, 1.807) is 0 Å². The fraction of sp³-hybridized carbons (Fsp3) is 0.875. The van der Waals surface area contributed by atoms with Gasteiger partial charge >= 0.3 is 11.9 Å². The summed E-state index contributed by atoms with van der Waals surface area (Å²) in [4.78, 5) is 37.9. The zero-order chi connectivity index (χ0) is 21.6. The third-order valence-electron chi connectivity index (χ3n) is 11.2. The van der Waals surface area contributed by atoms with Crippen molar-refractivity contribution in [1.82, 2.24) is 0 Å². The second kappa shape index (κ2) is 5.19. The first-order chi connectivity index (χ1) is 14.7. The van der Waals surface area contributed by atoms with Crippen LogP contribution in [0.2, 0.25) is 0 Å². The van der Waals surface area contributed by atoms with Crippen molar-refractivity contribution in [3.63, 3.8) is 0 Å². The molecule has 4 saturated carbocycles. The smallest absolute Gasteiger partial charge is 0.309 e. The van der Waals surface area contributed by atoms with Gasteiger partial charge in [0, 0.05) is 29.6 Å². The Labute approximate surface area is 181 Å². The van der Waals surface area contributed by atoms with Crippen LogP contribution in [-0.2, 0) is 33.3 Å². The van der Waals surface area contributed by atoms with Crippen LogP contribution in [0.25, 0.3) is 0 Å². The van der Waals surface area contributed by atoms with Crippen LogP contribution < -0.4 is 0 Å². The highest BCUT2D eigenvalue weighted by Gasteiger charge is 2.91. The first-order valence-electron chi connectivity index (χ1n) is 11.9. The second-order valence-corrected chi connectivity index (χ2v) is 11.7. The molecule has 7 rings (SSSR count). The van der Waals surface area contributed by atoms with Crippen LogP contribution in [0, 0.1) is 28.6 Å². The Morgan fingerprint density at radius 3 is 2.58 bits per heavy atom. The first kappa shape index (κ1) is 19.0. The number of fused-ring (bicyclic) bond motifs is 3. The molecule has 7 nitrogen and oxygen atoms in total. The highest BCUT2D eigenvalue weighted by atomic mass is 16.6. The van der Waals surface area contributed by atoms with Gasteiger partial charge in [0.25, 0.3) is 0 Å². The summed E-state index contributed by atoms with van der Waals surface area (Å²) in [6.07, 6.45) is 5.22. The molecule has 0 aromatic rings. The Morgan fingerprint density at radius 2 is 1.87 bits per heavy atom. The number of carbonyl (C=O) groups is 3. The van der Waals surface area contributed by atoms with Gasteiger partial charge in [-0.1, -0.05) is 13.8 Å². The lowest BCUT2D eigenvalue weighted by Gasteiger charge is -2.59. The Kier molecular flexibility index (Phi) is 3.19. The van der Waals surface area contributed by atoms with Gasteiger partial charge in [-0.2, -0.15) is 0 Å². The Balaban J connectivity index is 1.37. The van der Waals surface area contributed by atoms with Gasteiger partial charge in [-0.15, -0.1) is 0 Å². The maximum atomic E-state index is 13.2. The van der Waals surface area contributed by atoms with Gasteiger partial charge in [-0.25, -0.2) is 0 Å². The third kappa shape index (κ3) is 1.77. The molecule has 3 saturated heterocycles. The molecule has 0 radical (unpaired) electrons. The van der Waals surface area contributed by atoms with Crippen molar-refractivity contribution in [1.29, 1.82) is 0 Å². The van der Waals surface area contributed by atoms with E-state index in [0.29, 0.717) is 19.3 Å². The third-order valence-corrected chi connectivity index (χ3v) is 11.2. The molecule has 7 fully saturated rings. The quantitative estimate of drug-likeness (QED) is 0.465. The molecule has 4 aliphatic carbocycles. The molecule has 10 atom stereocenters. The van der Waals surface area contributed by atoms with Crippen LogP contribution in [0.3, 0.4) is 0 Å². The zero-order valence-electron chi connectivity index (χ0n) is 18.4. The van der Waals surface area contributed by atoms with E-state index < -0.39 is 22.9 Å².